The van der Waals surface area contributed by atoms with Crippen molar-refractivity contribution in [2.75, 3.05) is 56.2 Å². The SMILES string of the molecule is CCn1c(=O)c(F)cc2cnc(Nc3ccc(N4CCC(CCCN5CCOCC5)CC4)cc3)cc21. The second-order valence-corrected chi connectivity index (χ2v) is 9.87. The van der Waals surface area contributed by atoms with Crippen LogP contribution in [0.4, 0.5) is 21.6 Å². The number of ether oxygens (including phenoxy) is 1. The van der Waals surface area contributed by atoms with Crippen molar-refractivity contribution in [2.45, 2.75) is 39.2 Å². The molecule has 2 aliphatic heterocycles. The number of halogens is 1. The number of nitrogens with one attached hydrogen (secondary N) is 1. The molecule has 5 rings (SSSR count). The Morgan fingerprint density at radius 3 is 2.56 bits per heavy atom. The van der Waals surface area contributed by atoms with Gasteiger partial charge in [-0.15, -0.1) is 0 Å². The molecule has 2 aromatic heterocycles. The summed E-state index contributed by atoms with van der Waals surface area (Å²) in [5, 5.41) is 3.93. The molecule has 2 fully saturated rings. The van der Waals surface area contributed by atoms with Gasteiger partial charge < -0.3 is 19.5 Å². The fourth-order valence-corrected chi connectivity index (χ4v) is 5.43. The van der Waals surface area contributed by atoms with E-state index in [2.05, 4.69) is 44.4 Å². The van der Waals surface area contributed by atoms with Gasteiger partial charge in [0.15, 0.2) is 5.82 Å². The molecule has 0 unspecified atom stereocenters. The van der Waals surface area contributed by atoms with Gasteiger partial charge in [-0.2, -0.15) is 0 Å². The lowest BCUT2D eigenvalue weighted by molar-refractivity contribution is 0.0365. The largest absolute Gasteiger partial charge is 0.379 e. The van der Waals surface area contributed by atoms with Gasteiger partial charge in [-0.05, 0) is 75.4 Å². The molecule has 2 aliphatic rings. The lowest BCUT2D eigenvalue weighted by Crippen LogP contribution is -2.37. The van der Waals surface area contributed by atoms with E-state index in [1.165, 1.54) is 48.5 Å². The Morgan fingerprint density at radius 1 is 1.08 bits per heavy atom. The Hall–Kier alpha value is -2.97. The molecule has 0 saturated carbocycles. The van der Waals surface area contributed by atoms with Crippen LogP contribution >= 0.6 is 0 Å². The van der Waals surface area contributed by atoms with Gasteiger partial charge in [0.2, 0.25) is 0 Å². The third-order valence-corrected chi connectivity index (χ3v) is 7.56. The normalized spacial score (nSPS) is 17.6. The van der Waals surface area contributed by atoms with E-state index in [0.717, 1.165) is 51.0 Å². The molecule has 0 amide bonds. The first-order valence-corrected chi connectivity index (χ1v) is 13.2. The van der Waals surface area contributed by atoms with E-state index in [9.17, 15) is 9.18 Å². The maximum Gasteiger partial charge on any atom is 0.287 e. The Morgan fingerprint density at radius 2 is 1.83 bits per heavy atom. The minimum atomic E-state index is -0.750. The topological polar surface area (TPSA) is 62.6 Å². The molecule has 0 atom stereocenters. The van der Waals surface area contributed by atoms with E-state index in [4.69, 9.17) is 4.74 Å². The average molecular weight is 494 g/mol. The van der Waals surface area contributed by atoms with Crippen LogP contribution in [0.3, 0.4) is 0 Å². The van der Waals surface area contributed by atoms with Crippen molar-refractivity contribution in [3.05, 3.63) is 58.8 Å². The van der Waals surface area contributed by atoms with Gasteiger partial charge in [-0.25, -0.2) is 9.37 Å². The lowest BCUT2D eigenvalue weighted by Gasteiger charge is -2.34. The number of morpholine rings is 1. The molecule has 2 saturated heterocycles. The Balaban J connectivity index is 1.14. The first-order chi connectivity index (χ1) is 17.6. The third-order valence-electron chi connectivity index (χ3n) is 7.56. The summed E-state index contributed by atoms with van der Waals surface area (Å²) in [7, 11) is 0. The lowest BCUT2D eigenvalue weighted by atomic mass is 9.92. The summed E-state index contributed by atoms with van der Waals surface area (Å²) in [6.07, 6.45) is 6.72. The van der Waals surface area contributed by atoms with Crippen LogP contribution in [-0.2, 0) is 11.3 Å². The number of hydrogen-bond donors (Lipinski definition) is 1. The molecule has 192 valence electrons. The molecule has 36 heavy (non-hydrogen) atoms. The molecular weight excluding hydrogens is 457 g/mol. The monoisotopic (exact) mass is 493 g/mol. The summed E-state index contributed by atoms with van der Waals surface area (Å²) in [6.45, 7) is 9.58. The zero-order valence-corrected chi connectivity index (χ0v) is 21.1. The van der Waals surface area contributed by atoms with Crippen molar-refractivity contribution in [2.24, 2.45) is 5.92 Å². The minimum Gasteiger partial charge on any atom is -0.379 e. The van der Waals surface area contributed by atoms with Crippen molar-refractivity contribution in [3.63, 3.8) is 0 Å². The smallest absolute Gasteiger partial charge is 0.287 e. The van der Waals surface area contributed by atoms with Crippen LogP contribution in [0.15, 0.2) is 47.4 Å². The van der Waals surface area contributed by atoms with Gasteiger partial charge >= 0.3 is 0 Å². The van der Waals surface area contributed by atoms with E-state index < -0.39 is 11.4 Å². The number of pyridine rings is 2. The highest BCUT2D eigenvalue weighted by Crippen LogP contribution is 2.28. The molecular formula is C28H36FN5O2. The summed E-state index contributed by atoms with van der Waals surface area (Å²) >= 11 is 0. The second-order valence-electron chi connectivity index (χ2n) is 9.87. The molecule has 1 N–H and O–H groups in total. The number of nitrogens with zero attached hydrogens (tertiary/aromatic N) is 4. The predicted molar refractivity (Wildman–Crippen MR) is 143 cm³/mol. The van der Waals surface area contributed by atoms with Crippen LogP contribution < -0.4 is 15.8 Å². The van der Waals surface area contributed by atoms with Gasteiger partial charge in [-0.1, -0.05) is 0 Å². The van der Waals surface area contributed by atoms with Gasteiger partial charge in [0, 0.05) is 61.7 Å². The molecule has 8 heteroatoms. The van der Waals surface area contributed by atoms with E-state index in [1.54, 1.807) is 12.3 Å². The first kappa shape index (κ1) is 24.7. The summed E-state index contributed by atoms with van der Waals surface area (Å²) < 4.78 is 20.8. The first-order valence-electron chi connectivity index (χ1n) is 13.2. The highest BCUT2D eigenvalue weighted by molar-refractivity contribution is 5.81. The molecule has 0 aliphatic carbocycles. The van der Waals surface area contributed by atoms with Gasteiger partial charge in [0.05, 0.1) is 18.7 Å². The summed E-state index contributed by atoms with van der Waals surface area (Å²) in [5.41, 5.74) is 2.24. The standard InChI is InChI=1S/C28H36FN5O2/c1-2-34-26-19-27(30-20-22(26)18-25(29)28(34)35)31-23-5-7-24(8-6-23)33-12-9-21(10-13-33)4-3-11-32-14-16-36-17-15-32/h5-8,18-21H,2-4,9-17H2,1H3,(H,30,31). The second kappa shape index (κ2) is 11.4. The van der Waals surface area contributed by atoms with Crippen LogP contribution in [0.2, 0.25) is 0 Å². The molecule has 0 radical (unpaired) electrons. The molecule has 4 heterocycles. The Bertz CT molecular complexity index is 1220. The van der Waals surface area contributed by atoms with E-state index in [-0.39, 0.29) is 0 Å². The highest BCUT2D eigenvalue weighted by Gasteiger charge is 2.20. The highest BCUT2D eigenvalue weighted by atomic mass is 19.1. The summed E-state index contributed by atoms with van der Waals surface area (Å²) in [4.78, 5) is 21.6. The van der Waals surface area contributed by atoms with Crippen LogP contribution in [0.5, 0.6) is 0 Å². The minimum absolute atomic E-state index is 0.399. The Kier molecular flexibility index (Phi) is 7.82. The van der Waals surface area contributed by atoms with Crippen molar-refractivity contribution in [3.8, 4) is 0 Å². The number of hydrogen-bond acceptors (Lipinski definition) is 6. The third kappa shape index (κ3) is 5.71. The van der Waals surface area contributed by atoms with Crippen LogP contribution in [0, 0.1) is 11.7 Å². The zero-order chi connectivity index (χ0) is 24.9. The van der Waals surface area contributed by atoms with Crippen molar-refractivity contribution in [1.82, 2.24) is 14.5 Å². The maximum atomic E-state index is 13.9. The molecule has 7 nitrogen and oxygen atoms in total. The van der Waals surface area contributed by atoms with Crippen LogP contribution in [0.1, 0.15) is 32.6 Å². The number of piperidine rings is 1. The molecule has 3 aromatic rings. The molecule has 0 spiro atoms. The van der Waals surface area contributed by atoms with E-state index in [1.807, 2.05) is 6.92 Å². The Labute approximate surface area is 211 Å². The predicted octanol–water partition coefficient (Wildman–Crippen LogP) is 4.63. The van der Waals surface area contributed by atoms with Crippen LogP contribution in [0.25, 0.3) is 10.9 Å². The maximum absolute atomic E-state index is 13.9. The average Bonchev–Trinajstić information content (AvgIpc) is 2.91. The number of rotatable bonds is 8. The molecule has 1 aromatic carbocycles. The van der Waals surface area contributed by atoms with E-state index in [0.29, 0.717) is 23.3 Å². The number of anilines is 3. The van der Waals surface area contributed by atoms with E-state index >= 15 is 0 Å². The van der Waals surface area contributed by atoms with Crippen molar-refractivity contribution < 1.29 is 9.13 Å². The van der Waals surface area contributed by atoms with Gasteiger partial charge in [-0.3, -0.25) is 9.69 Å². The number of fused-ring (bicyclic) bond motifs is 1. The van der Waals surface area contributed by atoms with Crippen molar-refractivity contribution in [1.29, 1.82) is 0 Å². The summed E-state index contributed by atoms with van der Waals surface area (Å²) in [5.74, 6) is 0.706. The molecule has 0 bridgehead atoms. The quantitative estimate of drug-likeness (QED) is 0.494. The number of aryl methyl sites for hydroxylation is 1. The van der Waals surface area contributed by atoms with Crippen molar-refractivity contribution >= 4 is 28.1 Å². The fourth-order valence-electron chi connectivity index (χ4n) is 5.43. The number of aromatic nitrogens is 2. The van der Waals surface area contributed by atoms with Gasteiger partial charge in [0.25, 0.3) is 5.56 Å². The summed E-state index contributed by atoms with van der Waals surface area (Å²) in [6, 6.07) is 11.5. The number of benzene rings is 1. The van der Waals surface area contributed by atoms with Gasteiger partial charge in [0.1, 0.15) is 5.82 Å². The fraction of sp³-hybridized carbons (Fsp3) is 0.500. The van der Waals surface area contributed by atoms with Crippen LogP contribution in [-0.4, -0.2) is 60.4 Å². The zero-order valence-electron chi connectivity index (χ0n) is 21.1.